The topological polar surface area (TPSA) is 78.4 Å². The number of carbonyl (C=O) groups excluding carboxylic acids is 2. The second kappa shape index (κ2) is 6.77. The number of nitrogens with one attached hydrogen (secondary N) is 1. The number of thiophene rings is 1. The number of urea groups is 1. The number of likely N-dealkylation sites (tertiary alicyclic amines) is 1. The summed E-state index contributed by atoms with van der Waals surface area (Å²) in [5, 5.41) is 4.49. The number of imide groups is 1. The van der Waals surface area contributed by atoms with E-state index < -0.39 is 5.54 Å². The van der Waals surface area contributed by atoms with E-state index in [2.05, 4.69) is 20.2 Å². The minimum Gasteiger partial charge on any atom is -0.310 e. The SMILES string of the molecule is CCN1C(=O)NC(=O)C12CCN(Cc1cnc(-c3cccs3)nc1)CC2. The normalized spacial score (nSPS) is 20.0. The quantitative estimate of drug-likeness (QED) is 0.833. The largest absolute Gasteiger partial charge is 0.325 e. The van der Waals surface area contributed by atoms with Crippen LogP contribution < -0.4 is 5.32 Å². The van der Waals surface area contributed by atoms with Gasteiger partial charge >= 0.3 is 6.03 Å². The number of likely N-dealkylation sites (N-methyl/N-ethyl adjacent to an activating group) is 1. The first kappa shape index (κ1) is 17.1. The molecule has 8 heteroatoms. The van der Waals surface area contributed by atoms with Crippen molar-refractivity contribution >= 4 is 23.3 Å². The van der Waals surface area contributed by atoms with Crippen LogP contribution in [-0.4, -0.2) is 56.9 Å². The molecule has 4 rings (SSSR count). The van der Waals surface area contributed by atoms with Gasteiger partial charge in [-0.05, 0) is 31.2 Å². The Morgan fingerprint density at radius 1 is 1.23 bits per heavy atom. The monoisotopic (exact) mass is 371 g/mol. The minimum atomic E-state index is -0.665. The lowest BCUT2D eigenvalue weighted by Gasteiger charge is -2.41. The minimum absolute atomic E-state index is 0.146. The zero-order chi connectivity index (χ0) is 18.1. The van der Waals surface area contributed by atoms with Gasteiger partial charge in [-0.1, -0.05) is 6.07 Å². The smallest absolute Gasteiger partial charge is 0.310 e. The predicted molar refractivity (Wildman–Crippen MR) is 98.5 cm³/mol. The molecule has 2 saturated heterocycles. The molecule has 2 aliphatic heterocycles. The zero-order valence-electron chi connectivity index (χ0n) is 14.6. The molecule has 0 unspecified atom stereocenters. The van der Waals surface area contributed by atoms with Gasteiger partial charge in [0.2, 0.25) is 0 Å². The third-order valence-corrected chi connectivity index (χ3v) is 6.12. The molecule has 1 N–H and O–H groups in total. The number of hydrogen-bond donors (Lipinski definition) is 1. The first-order valence-electron chi connectivity index (χ1n) is 8.82. The van der Waals surface area contributed by atoms with E-state index in [1.807, 2.05) is 36.8 Å². The van der Waals surface area contributed by atoms with E-state index in [0.29, 0.717) is 19.4 Å². The van der Waals surface area contributed by atoms with Crippen LogP contribution in [0.15, 0.2) is 29.9 Å². The molecule has 0 atom stereocenters. The second-order valence-corrected chi connectivity index (χ2v) is 7.65. The van der Waals surface area contributed by atoms with Crippen molar-refractivity contribution in [2.45, 2.75) is 31.8 Å². The van der Waals surface area contributed by atoms with E-state index in [0.717, 1.165) is 35.9 Å². The van der Waals surface area contributed by atoms with Crippen molar-refractivity contribution in [2.75, 3.05) is 19.6 Å². The molecule has 1 spiro atoms. The molecular formula is C18H21N5O2S. The van der Waals surface area contributed by atoms with Crippen LogP contribution in [0.2, 0.25) is 0 Å². The van der Waals surface area contributed by atoms with Crippen LogP contribution in [0.3, 0.4) is 0 Å². The fraction of sp³-hybridized carbons (Fsp3) is 0.444. The standard InChI is InChI=1S/C18H21N5O2S/c1-2-23-17(25)21-16(24)18(23)5-7-22(8-6-18)12-13-10-19-15(20-11-13)14-4-3-9-26-14/h3-4,9-11H,2,5-8,12H2,1H3,(H,21,24,25). The molecule has 7 nitrogen and oxygen atoms in total. The molecule has 3 amide bonds. The number of hydrogen-bond acceptors (Lipinski definition) is 6. The van der Waals surface area contributed by atoms with Crippen molar-refractivity contribution in [2.24, 2.45) is 0 Å². The maximum atomic E-state index is 12.3. The van der Waals surface area contributed by atoms with Gasteiger partial charge in [0, 0.05) is 44.1 Å². The van der Waals surface area contributed by atoms with E-state index >= 15 is 0 Å². The van der Waals surface area contributed by atoms with Gasteiger partial charge in [-0.25, -0.2) is 14.8 Å². The van der Waals surface area contributed by atoms with Gasteiger partial charge in [0.15, 0.2) is 5.82 Å². The van der Waals surface area contributed by atoms with Crippen LogP contribution >= 0.6 is 11.3 Å². The summed E-state index contributed by atoms with van der Waals surface area (Å²) in [5.41, 5.74) is 0.391. The molecule has 4 heterocycles. The Bertz CT molecular complexity index is 797. The highest BCUT2D eigenvalue weighted by molar-refractivity contribution is 7.13. The molecule has 0 radical (unpaired) electrons. The van der Waals surface area contributed by atoms with Crippen LogP contribution in [0.5, 0.6) is 0 Å². The van der Waals surface area contributed by atoms with Crippen LogP contribution in [0.25, 0.3) is 10.7 Å². The number of carbonyl (C=O) groups is 2. The Morgan fingerprint density at radius 3 is 2.58 bits per heavy atom. The lowest BCUT2D eigenvalue weighted by atomic mass is 9.86. The second-order valence-electron chi connectivity index (χ2n) is 6.70. The van der Waals surface area contributed by atoms with Gasteiger partial charge in [-0.15, -0.1) is 11.3 Å². The molecule has 2 aliphatic rings. The van der Waals surface area contributed by atoms with E-state index in [1.165, 1.54) is 0 Å². The summed E-state index contributed by atoms with van der Waals surface area (Å²) >= 11 is 1.63. The Morgan fingerprint density at radius 2 is 1.96 bits per heavy atom. The molecule has 2 fully saturated rings. The molecule has 2 aromatic rings. The third-order valence-electron chi connectivity index (χ3n) is 5.26. The number of rotatable bonds is 4. The Balaban J connectivity index is 1.40. The van der Waals surface area contributed by atoms with Crippen LogP contribution in [0.4, 0.5) is 4.79 Å². The van der Waals surface area contributed by atoms with Gasteiger partial charge < -0.3 is 4.90 Å². The number of nitrogens with zero attached hydrogens (tertiary/aromatic N) is 4. The molecular weight excluding hydrogens is 350 g/mol. The number of aromatic nitrogens is 2. The lowest BCUT2D eigenvalue weighted by molar-refractivity contribution is -0.129. The highest BCUT2D eigenvalue weighted by Gasteiger charge is 2.53. The molecule has 2 aromatic heterocycles. The zero-order valence-corrected chi connectivity index (χ0v) is 15.5. The molecule has 136 valence electrons. The molecule has 0 bridgehead atoms. The third kappa shape index (κ3) is 2.89. The molecule has 0 aromatic carbocycles. The summed E-state index contributed by atoms with van der Waals surface area (Å²) < 4.78 is 0. The Hall–Kier alpha value is -2.32. The first-order valence-corrected chi connectivity index (χ1v) is 9.70. The van der Waals surface area contributed by atoms with Crippen LogP contribution in [0, 0.1) is 0 Å². The Labute approximate surface area is 156 Å². The van der Waals surface area contributed by atoms with Gasteiger partial charge in [0.1, 0.15) is 5.54 Å². The summed E-state index contributed by atoms with van der Waals surface area (Å²) in [6.07, 6.45) is 5.06. The van der Waals surface area contributed by atoms with Crippen molar-refractivity contribution in [1.29, 1.82) is 0 Å². The van der Waals surface area contributed by atoms with Gasteiger partial charge in [0.25, 0.3) is 5.91 Å². The molecule has 0 aliphatic carbocycles. The Kier molecular flexibility index (Phi) is 4.46. The van der Waals surface area contributed by atoms with Crippen LogP contribution in [-0.2, 0) is 11.3 Å². The van der Waals surface area contributed by atoms with E-state index in [1.54, 1.807) is 16.2 Å². The average Bonchev–Trinajstić information content (AvgIpc) is 3.25. The highest BCUT2D eigenvalue weighted by atomic mass is 32.1. The van der Waals surface area contributed by atoms with Gasteiger partial charge in [0.05, 0.1) is 4.88 Å². The summed E-state index contributed by atoms with van der Waals surface area (Å²) in [6, 6.07) is 3.74. The van der Waals surface area contributed by atoms with Crippen molar-refractivity contribution in [3.8, 4) is 10.7 Å². The summed E-state index contributed by atoms with van der Waals surface area (Å²) in [6.45, 7) is 4.75. The average molecular weight is 371 g/mol. The van der Waals surface area contributed by atoms with E-state index in [-0.39, 0.29) is 11.9 Å². The summed E-state index contributed by atoms with van der Waals surface area (Å²) in [5.74, 6) is 0.605. The number of piperidine rings is 1. The van der Waals surface area contributed by atoms with Crippen LogP contribution in [0.1, 0.15) is 25.3 Å². The molecule has 26 heavy (non-hydrogen) atoms. The maximum absolute atomic E-state index is 12.3. The fourth-order valence-corrected chi connectivity index (χ4v) is 4.52. The van der Waals surface area contributed by atoms with E-state index in [9.17, 15) is 9.59 Å². The first-order chi connectivity index (χ1) is 12.6. The summed E-state index contributed by atoms with van der Waals surface area (Å²) in [4.78, 5) is 38.3. The van der Waals surface area contributed by atoms with Crippen molar-refractivity contribution in [1.82, 2.24) is 25.1 Å². The number of amides is 3. The maximum Gasteiger partial charge on any atom is 0.325 e. The predicted octanol–water partition coefficient (Wildman–Crippen LogP) is 2.11. The van der Waals surface area contributed by atoms with Crippen molar-refractivity contribution in [3.63, 3.8) is 0 Å². The van der Waals surface area contributed by atoms with Gasteiger partial charge in [-0.3, -0.25) is 15.0 Å². The van der Waals surface area contributed by atoms with Crippen molar-refractivity contribution < 1.29 is 9.59 Å². The van der Waals surface area contributed by atoms with E-state index in [4.69, 9.17) is 0 Å². The fourth-order valence-electron chi connectivity index (χ4n) is 3.85. The molecule has 0 saturated carbocycles. The van der Waals surface area contributed by atoms with Gasteiger partial charge in [-0.2, -0.15) is 0 Å². The lowest BCUT2D eigenvalue weighted by Crippen LogP contribution is -2.56. The summed E-state index contributed by atoms with van der Waals surface area (Å²) in [7, 11) is 0. The highest BCUT2D eigenvalue weighted by Crippen LogP contribution is 2.33. The van der Waals surface area contributed by atoms with Crippen molar-refractivity contribution in [3.05, 3.63) is 35.5 Å².